The van der Waals surface area contributed by atoms with Gasteiger partial charge < -0.3 is 10.1 Å². The molecule has 0 spiro atoms. The molecule has 0 atom stereocenters. The third-order valence-corrected chi connectivity index (χ3v) is 4.28. The topological polar surface area (TPSA) is 56.2 Å². The average molecular weight is 421 g/mol. The average Bonchev–Trinajstić information content (AvgIpc) is 3.15. The van der Waals surface area contributed by atoms with E-state index < -0.39 is 29.0 Å². The Morgan fingerprint density at radius 1 is 1.10 bits per heavy atom. The van der Waals surface area contributed by atoms with Crippen molar-refractivity contribution in [3.8, 4) is 5.75 Å². The van der Waals surface area contributed by atoms with Gasteiger partial charge in [-0.1, -0.05) is 12.1 Å². The zero-order valence-electron chi connectivity index (χ0n) is 16.1. The minimum Gasteiger partial charge on any atom is -0.483 e. The van der Waals surface area contributed by atoms with Gasteiger partial charge in [0.1, 0.15) is 6.61 Å². The number of hydrogen-bond acceptors (Lipinski definition) is 3. The van der Waals surface area contributed by atoms with Gasteiger partial charge in [0.2, 0.25) is 11.6 Å². The summed E-state index contributed by atoms with van der Waals surface area (Å²) in [5, 5.41) is 6.95. The van der Waals surface area contributed by atoms with Crippen molar-refractivity contribution in [2.45, 2.75) is 26.5 Å². The Kier molecular flexibility index (Phi) is 6.71. The lowest BCUT2D eigenvalue weighted by molar-refractivity contribution is 0.0952. The van der Waals surface area contributed by atoms with Crippen molar-refractivity contribution in [1.29, 1.82) is 0 Å². The zero-order valence-corrected chi connectivity index (χ0v) is 16.1. The molecule has 0 saturated heterocycles. The Hall–Kier alpha value is -3.36. The maximum atomic E-state index is 13.6. The molecular weight excluding hydrogens is 402 g/mol. The molecule has 1 amide bonds. The maximum Gasteiger partial charge on any atom is 0.251 e. The number of amides is 1. The normalized spacial score (nSPS) is 10.8. The minimum absolute atomic E-state index is 0.112. The Balaban J connectivity index is 1.50. The Morgan fingerprint density at radius 2 is 1.77 bits per heavy atom. The number of nitrogens with one attached hydrogen (secondary N) is 1. The summed E-state index contributed by atoms with van der Waals surface area (Å²) in [6.07, 6.45) is 4.39. The number of hydrogen-bond donors (Lipinski definition) is 1. The molecule has 0 fully saturated rings. The predicted molar refractivity (Wildman–Crippen MR) is 101 cm³/mol. The van der Waals surface area contributed by atoms with E-state index >= 15 is 0 Å². The standard InChI is InChI=1S/C21H19F4N3O2/c1-13-10-27-28(11-13)8-2-7-26-21(29)15-5-3-14(4-6-15)12-30-20-18(24)16(22)9-17(23)19(20)25/h3-6,9-11H,2,7-8,12H2,1H3,(H,26,29). The fourth-order valence-electron chi connectivity index (χ4n) is 2.72. The molecule has 0 bridgehead atoms. The van der Waals surface area contributed by atoms with E-state index in [0.717, 1.165) is 5.56 Å². The lowest BCUT2D eigenvalue weighted by Crippen LogP contribution is -2.25. The lowest BCUT2D eigenvalue weighted by Gasteiger charge is -2.10. The van der Waals surface area contributed by atoms with Crippen LogP contribution in [-0.4, -0.2) is 22.2 Å². The molecule has 158 valence electrons. The van der Waals surface area contributed by atoms with Crippen LogP contribution in [0.5, 0.6) is 5.75 Å². The van der Waals surface area contributed by atoms with Crippen molar-refractivity contribution in [2.75, 3.05) is 6.54 Å². The second-order valence-electron chi connectivity index (χ2n) is 6.67. The van der Waals surface area contributed by atoms with E-state index in [1.165, 1.54) is 24.3 Å². The van der Waals surface area contributed by atoms with Gasteiger partial charge in [-0.2, -0.15) is 13.9 Å². The first-order chi connectivity index (χ1) is 14.3. The number of rotatable bonds is 8. The van der Waals surface area contributed by atoms with E-state index in [1.54, 1.807) is 10.9 Å². The van der Waals surface area contributed by atoms with Crippen LogP contribution in [0.25, 0.3) is 0 Å². The van der Waals surface area contributed by atoms with E-state index in [2.05, 4.69) is 10.4 Å². The van der Waals surface area contributed by atoms with E-state index in [4.69, 9.17) is 4.74 Å². The fourth-order valence-corrected chi connectivity index (χ4v) is 2.72. The van der Waals surface area contributed by atoms with Gasteiger partial charge in [-0.05, 0) is 36.6 Å². The summed E-state index contributed by atoms with van der Waals surface area (Å²) in [5.74, 6) is -7.69. The summed E-state index contributed by atoms with van der Waals surface area (Å²) >= 11 is 0. The summed E-state index contributed by atoms with van der Waals surface area (Å²) in [6.45, 7) is 2.76. The van der Waals surface area contributed by atoms with Crippen LogP contribution in [0.1, 0.15) is 27.9 Å². The van der Waals surface area contributed by atoms with Crippen LogP contribution in [0.15, 0.2) is 42.7 Å². The molecule has 1 aromatic heterocycles. The third-order valence-electron chi connectivity index (χ3n) is 4.28. The summed E-state index contributed by atoms with van der Waals surface area (Å²) in [5.41, 5.74) is 1.92. The van der Waals surface area contributed by atoms with Crippen LogP contribution < -0.4 is 10.1 Å². The molecule has 0 radical (unpaired) electrons. The largest absolute Gasteiger partial charge is 0.483 e. The number of aryl methyl sites for hydroxylation is 2. The van der Waals surface area contributed by atoms with Crippen molar-refractivity contribution in [2.24, 2.45) is 0 Å². The van der Waals surface area contributed by atoms with Crippen molar-refractivity contribution < 1.29 is 27.1 Å². The van der Waals surface area contributed by atoms with Crippen molar-refractivity contribution in [3.63, 3.8) is 0 Å². The van der Waals surface area contributed by atoms with Gasteiger partial charge >= 0.3 is 0 Å². The summed E-state index contributed by atoms with van der Waals surface area (Å²) in [7, 11) is 0. The number of aromatic nitrogens is 2. The first kappa shape index (κ1) is 21.4. The molecule has 9 heteroatoms. The van der Waals surface area contributed by atoms with Crippen LogP contribution in [0, 0.1) is 30.2 Å². The number of halogens is 4. The van der Waals surface area contributed by atoms with Crippen molar-refractivity contribution >= 4 is 5.91 Å². The fraction of sp³-hybridized carbons (Fsp3) is 0.238. The third kappa shape index (κ3) is 5.16. The smallest absolute Gasteiger partial charge is 0.251 e. The maximum absolute atomic E-state index is 13.6. The number of benzene rings is 2. The lowest BCUT2D eigenvalue weighted by atomic mass is 10.1. The highest BCUT2D eigenvalue weighted by Crippen LogP contribution is 2.27. The molecule has 3 aromatic rings. The van der Waals surface area contributed by atoms with E-state index in [9.17, 15) is 22.4 Å². The molecule has 0 aliphatic heterocycles. The minimum atomic E-state index is -1.60. The van der Waals surface area contributed by atoms with E-state index in [-0.39, 0.29) is 18.6 Å². The highest BCUT2D eigenvalue weighted by Gasteiger charge is 2.20. The molecule has 1 heterocycles. The van der Waals surface area contributed by atoms with E-state index in [1.807, 2.05) is 13.1 Å². The van der Waals surface area contributed by atoms with Crippen LogP contribution >= 0.6 is 0 Å². The molecule has 3 rings (SSSR count). The highest BCUT2D eigenvalue weighted by atomic mass is 19.2. The Bertz CT molecular complexity index is 1010. The Labute approximate surface area is 170 Å². The van der Waals surface area contributed by atoms with Gasteiger partial charge in [0, 0.05) is 30.9 Å². The molecule has 1 N–H and O–H groups in total. The van der Waals surface area contributed by atoms with Gasteiger partial charge in [0.05, 0.1) is 6.20 Å². The molecular formula is C21H19F4N3O2. The van der Waals surface area contributed by atoms with Gasteiger partial charge in [-0.3, -0.25) is 9.48 Å². The van der Waals surface area contributed by atoms with Gasteiger partial charge in [-0.25, -0.2) is 8.78 Å². The summed E-state index contributed by atoms with van der Waals surface area (Å²) < 4.78 is 60.3. The van der Waals surface area contributed by atoms with Crippen molar-refractivity contribution in [1.82, 2.24) is 15.1 Å². The molecule has 0 aliphatic carbocycles. The van der Waals surface area contributed by atoms with Gasteiger partial charge in [0.15, 0.2) is 17.4 Å². The number of ether oxygens (including phenoxy) is 1. The van der Waals surface area contributed by atoms with Crippen LogP contribution in [0.2, 0.25) is 0 Å². The SMILES string of the molecule is Cc1cnn(CCCNC(=O)c2ccc(COc3c(F)c(F)cc(F)c3F)cc2)c1. The monoisotopic (exact) mass is 421 g/mol. The van der Waals surface area contributed by atoms with Crippen LogP contribution in [0.4, 0.5) is 17.6 Å². The molecule has 0 aliphatic rings. The number of carbonyl (C=O) groups excluding carboxylic acids is 1. The highest BCUT2D eigenvalue weighted by molar-refractivity contribution is 5.94. The van der Waals surface area contributed by atoms with Crippen LogP contribution in [0.3, 0.4) is 0 Å². The summed E-state index contributed by atoms with van der Waals surface area (Å²) in [4.78, 5) is 12.2. The second-order valence-corrected chi connectivity index (χ2v) is 6.67. The molecule has 0 saturated carbocycles. The number of carbonyl (C=O) groups is 1. The number of nitrogens with zero attached hydrogens (tertiary/aromatic N) is 2. The molecule has 0 unspecified atom stereocenters. The first-order valence-corrected chi connectivity index (χ1v) is 9.17. The summed E-state index contributed by atoms with van der Waals surface area (Å²) in [6, 6.07) is 6.19. The Morgan fingerprint density at radius 3 is 2.37 bits per heavy atom. The van der Waals surface area contributed by atoms with Crippen molar-refractivity contribution in [3.05, 3.63) is 82.7 Å². The van der Waals surface area contributed by atoms with Crippen LogP contribution in [-0.2, 0) is 13.2 Å². The molecule has 30 heavy (non-hydrogen) atoms. The van der Waals surface area contributed by atoms with Gasteiger partial charge in [-0.15, -0.1) is 0 Å². The molecule has 2 aromatic carbocycles. The predicted octanol–water partition coefficient (Wildman–Crippen LogP) is 4.15. The van der Waals surface area contributed by atoms with E-state index in [0.29, 0.717) is 30.6 Å². The molecule has 5 nitrogen and oxygen atoms in total. The second kappa shape index (κ2) is 9.43. The van der Waals surface area contributed by atoms with Gasteiger partial charge in [0.25, 0.3) is 5.91 Å². The first-order valence-electron chi connectivity index (χ1n) is 9.17. The quantitative estimate of drug-likeness (QED) is 0.338. The zero-order chi connectivity index (χ0) is 21.7.